The highest BCUT2D eigenvalue weighted by atomic mass is 35.5. The number of nitrogens with two attached hydrogens (primary N) is 1. The van der Waals surface area contributed by atoms with Gasteiger partial charge >= 0.3 is 0 Å². The van der Waals surface area contributed by atoms with Gasteiger partial charge in [-0.15, -0.1) is 12.4 Å². The fourth-order valence-corrected chi connectivity index (χ4v) is 4.73. The van der Waals surface area contributed by atoms with Gasteiger partial charge in [0.2, 0.25) is 10.0 Å². The van der Waals surface area contributed by atoms with Gasteiger partial charge in [0.25, 0.3) is 5.91 Å². The third kappa shape index (κ3) is 5.32. The van der Waals surface area contributed by atoms with Crippen molar-refractivity contribution in [2.45, 2.75) is 37.2 Å². The molecule has 1 fully saturated rings. The Kier molecular flexibility index (Phi) is 8.00. The topological polar surface area (TPSA) is 92.5 Å². The molecule has 0 bridgehead atoms. The Bertz CT molecular complexity index is 895. The molecule has 2 aromatic rings. The largest absolute Gasteiger partial charge is 0.348 e. The molecule has 1 amide bonds. The molecule has 6 nitrogen and oxygen atoms in total. The first kappa shape index (κ1) is 22.4. The molecule has 0 spiro atoms. The zero-order valence-electron chi connectivity index (χ0n) is 15.6. The van der Waals surface area contributed by atoms with E-state index in [1.165, 1.54) is 0 Å². The molecule has 0 aromatic heterocycles. The number of hydrogen-bond donors (Lipinski definition) is 2. The smallest absolute Gasteiger partial charge is 0.251 e. The number of nitrogens with one attached hydrogen (secondary N) is 1. The SMILES string of the molecule is Cl.NCc1ccc(C(=O)NCc2cccc(S(=O)(=O)N3CCCCC3)c2)cc1. The molecule has 1 aliphatic rings. The maximum absolute atomic E-state index is 12.8. The summed E-state index contributed by atoms with van der Waals surface area (Å²) < 4.78 is 27.1. The normalized spacial score (nSPS) is 14.9. The molecule has 0 saturated carbocycles. The number of carbonyl (C=O) groups is 1. The van der Waals surface area contributed by atoms with E-state index < -0.39 is 10.0 Å². The summed E-state index contributed by atoms with van der Waals surface area (Å²) in [5.74, 6) is -0.206. The van der Waals surface area contributed by atoms with Gasteiger partial charge in [0.15, 0.2) is 0 Å². The Morgan fingerprint density at radius 1 is 1.00 bits per heavy atom. The first-order chi connectivity index (χ1) is 13.0. The van der Waals surface area contributed by atoms with Crippen molar-refractivity contribution < 1.29 is 13.2 Å². The number of carbonyl (C=O) groups excluding carboxylic acids is 1. The van der Waals surface area contributed by atoms with Crippen LogP contribution in [0.1, 0.15) is 40.7 Å². The Balaban J connectivity index is 0.00000280. The third-order valence-corrected chi connectivity index (χ3v) is 6.65. The van der Waals surface area contributed by atoms with E-state index in [0.29, 0.717) is 25.2 Å². The van der Waals surface area contributed by atoms with Gasteiger partial charge in [-0.2, -0.15) is 4.31 Å². The van der Waals surface area contributed by atoms with Crippen molar-refractivity contribution in [1.29, 1.82) is 0 Å². The van der Waals surface area contributed by atoms with E-state index in [4.69, 9.17) is 5.73 Å². The molecule has 0 unspecified atom stereocenters. The summed E-state index contributed by atoms with van der Waals surface area (Å²) in [6.07, 6.45) is 2.88. The van der Waals surface area contributed by atoms with E-state index in [0.717, 1.165) is 30.4 Å². The average molecular weight is 424 g/mol. The van der Waals surface area contributed by atoms with Gasteiger partial charge in [-0.1, -0.05) is 30.7 Å². The maximum atomic E-state index is 12.8. The minimum absolute atomic E-state index is 0. The summed E-state index contributed by atoms with van der Waals surface area (Å²) in [5.41, 5.74) is 7.82. The van der Waals surface area contributed by atoms with Crippen molar-refractivity contribution in [3.8, 4) is 0 Å². The number of hydrogen-bond acceptors (Lipinski definition) is 4. The number of halogens is 1. The molecule has 2 aromatic carbocycles. The molecule has 1 heterocycles. The Hall–Kier alpha value is -1.93. The molecule has 1 aliphatic heterocycles. The summed E-state index contributed by atoms with van der Waals surface area (Å²) in [6, 6.07) is 13.9. The van der Waals surface area contributed by atoms with Crippen LogP contribution in [0.15, 0.2) is 53.4 Å². The van der Waals surface area contributed by atoms with Gasteiger partial charge in [-0.25, -0.2) is 8.42 Å². The second-order valence-electron chi connectivity index (χ2n) is 6.70. The zero-order valence-corrected chi connectivity index (χ0v) is 17.3. The van der Waals surface area contributed by atoms with Crippen LogP contribution in [0, 0.1) is 0 Å². The van der Waals surface area contributed by atoms with Gasteiger partial charge in [0.05, 0.1) is 4.90 Å². The lowest BCUT2D eigenvalue weighted by atomic mass is 10.1. The number of amides is 1. The van der Waals surface area contributed by atoms with Gasteiger partial charge in [-0.3, -0.25) is 4.79 Å². The molecule has 0 aliphatic carbocycles. The lowest BCUT2D eigenvalue weighted by molar-refractivity contribution is 0.0951. The maximum Gasteiger partial charge on any atom is 0.251 e. The van der Waals surface area contributed by atoms with Gasteiger partial charge in [-0.05, 0) is 48.2 Å². The van der Waals surface area contributed by atoms with Gasteiger partial charge < -0.3 is 11.1 Å². The van der Waals surface area contributed by atoms with Crippen molar-refractivity contribution in [2.75, 3.05) is 13.1 Å². The van der Waals surface area contributed by atoms with E-state index in [9.17, 15) is 13.2 Å². The predicted molar refractivity (Wildman–Crippen MR) is 112 cm³/mol. The van der Waals surface area contributed by atoms with Crippen molar-refractivity contribution >= 4 is 28.3 Å². The summed E-state index contributed by atoms with van der Waals surface area (Å²) in [5, 5.41) is 2.83. The first-order valence-corrected chi connectivity index (χ1v) is 10.6. The van der Waals surface area contributed by atoms with Crippen LogP contribution in [0.3, 0.4) is 0 Å². The van der Waals surface area contributed by atoms with Crippen LogP contribution in [0.2, 0.25) is 0 Å². The van der Waals surface area contributed by atoms with Gasteiger partial charge in [0.1, 0.15) is 0 Å². The Morgan fingerprint density at radius 2 is 1.68 bits per heavy atom. The van der Waals surface area contributed by atoms with Crippen molar-refractivity contribution in [1.82, 2.24) is 9.62 Å². The van der Waals surface area contributed by atoms with E-state index in [2.05, 4.69) is 5.32 Å². The van der Waals surface area contributed by atoms with Gasteiger partial charge in [0, 0.05) is 31.7 Å². The Morgan fingerprint density at radius 3 is 2.32 bits per heavy atom. The van der Waals surface area contributed by atoms with Crippen LogP contribution in [0.25, 0.3) is 0 Å². The molecular weight excluding hydrogens is 398 g/mol. The second kappa shape index (κ2) is 10.0. The monoisotopic (exact) mass is 423 g/mol. The number of sulfonamides is 1. The third-order valence-electron chi connectivity index (χ3n) is 4.76. The molecule has 0 atom stereocenters. The molecule has 152 valence electrons. The minimum atomic E-state index is -3.47. The summed E-state index contributed by atoms with van der Waals surface area (Å²) in [7, 11) is -3.47. The number of benzene rings is 2. The molecule has 1 saturated heterocycles. The van der Waals surface area contributed by atoms with Crippen LogP contribution < -0.4 is 11.1 Å². The molecule has 3 rings (SSSR count). The molecule has 28 heavy (non-hydrogen) atoms. The highest BCUT2D eigenvalue weighted by Crippen LogP contribution is 2.21. The van der Waals surface area contributed by atoms with Crippen molar-refractivity contribution in [2.24, 2.45) is 5.73 Å². The Labute approximate surface area is 172 Å². The lowest BCUT2D eigenvalue weighted by Gasteiger charge is -2.26. The highest BCUT2D eigenvalue weighted by Gasteiger charge is 2.25. The van der Waals surface area contributed by atoms with Crippen LogP contribution in [-0.2, 0) is 23.1 Å². The average Bonchev–Trinajstić information content (AvgIpc) is 2.73. The van der Waals surface area contributed by atoms with Crippen LogP contribution in [0.4, 0.5) is 0 Å². The minimum Gasteiger partial charge on any atom is -0.348 e. The number of nitrogens with zero attached hydrogens (tertiary/aromatic N) is 1. The zero-order chi connectivity index (χ0) is 19.3. The number of rotatable bonds is 6. The summed E-state index contributed by atoms with van der Waals surface area (Å²) in [6.45, 7) is 1.84. The van der Waals surface area contributed by atoms with E-state index in [1.54, 1.807) is 34.6 Å². The number of piperidine rings is 1. The quantitative estimate of drug-likeness (QED) is 0.747. The van der Waals surface area contributed by atoms with Crippen LogP contribution >= 0.6 is 12.4 Å². The second-order valence-corrected chi connectivity index (χ2v) is 8.63. The fourth-order valence-electron chi connectivity index (χ4n) is 3.15. The van der Waals surface area contributed by atoms with Crippen LogP contribution in [-0.4, -0.2) is 31.7 Å². The van der Waals surface area contributed by atoms with Crippen LogP contribution in [0.5, 0.6) is 0 Å². The summed E-state index contributed by atoms with van der Waals surface area (Å²) in [4.78, 5) is 12.6. The molecule has 0 radical (unpaired) electrons. The molecule has 8 heteroatoms. The standard InChI is InChI=1S/C20H25N3O3S.ClH/c21-14-16-7-9-18(10-8-16)20(24)22-15-17-5-4-6-19(13-17)27(25,26)23-11-2-1-3-12-23;/h4-10,13H,1-3,11-12,14-15,21H2,(H,22,24);1H. The van der Waals surface area contributed by atoms with E-state index in [-0.39, 0.29) is 29.8 Å². The summed E-state index contributed by atoms with van der Waals surface area (Å²) >= 11 is 0. The highest BCUT2D eigenvalue weighted by molar-refractivity contribution is 7.89. The van der Waals surface area contributed by atoms with Crippen molar-refractivity contribution in [3.63, 3.8) is 0 Å². The van der Waals surface area contributed by atoms with E-state index in [1.807, 2.05) is 18.2 Å². The molecule has 3 N–H and O–H groups in total. The predicted octanol–water partition coefficient (Wildman–Crippen LogP) is 2.67. The fraction of sp³-hybridized carbons (Fsp3) is 0.350. The molecular formula is C20H26ClN3O3S. The van der Waals surface area contributed by atoms with E-state index >= 15 is 0 Å². The lowest BCUT2D eigenvalue weighted by Crippen LogP contribution is -2.35. The van der Waals surface area contributed by atoms with Crippen molar-refractivity contribution in [3.05, 3.63) is 65.2 Å². The first-order valence-electron chi connectivity index (χ1n) is 9.17.